The van der Waals surface area contributed by atoms with Gasteiger partial charge in [0.2, 0.25) is 10.0 Å². The third-order valence-electron chi connectivity index (χ3n) is 4.56. The molecule has 1 saturated heterocycles. The smallest absolute Gasteiger partial charge is 0.335 e. The molecule has 1 aromatic carbocycles. The maximum Gasteiger partial charge on any atom is 0.335 e. The molecule has 2 heterocycles. The fourth-order valence-corrected chi connectivity index (χ4v) is 4.16. The Balaban J connectivity index is 1.74. The Kier molecular flexibility index (Phi) is 5.33. The van der Waals surface area contributed by atoms with Crippen LogP contribution < -0.4 is 0 Å². The summed E-state index contributed by atoms with van der Waals surface area (Å²) in [5, 5.41) is 8.98. The van der Waals surface area contributed by atoms with E-state index in [9.17, 15) is 13.2 Å². The number of carboxylic acids is 1. The highest BCUT2D eigenvalue weighted by molar-refractivity contribution is 7.88. The summed E-state index contributed by atoms with van der Waals surface area (Å²) in [6.45, 7) is 1.09. The molecule has 7 nitrogen and oxygen atoms in total. The molecule has 0 radical (unpaired) electrons. The van der Waals surface area contributed by atoms with E-state index < -0.39 is 16.0 Å². The van der Waals surface area contributed by atoms with Crippen LogP contribution >= 0.6 is 0 Å². The van der Waals surface area contributed by atoms with E-state index in [1.54, 1.807) is 24.5 Å². The summed E-state index contributed by atoms with van der Waals surface area (Å²) in [5.41, 5.74) is 2.51. The van der Waals surface area contributed by atoms with E-state index in [1.807, 2.05) is 0 Å². The average molecular weight is 375 g/mol. The van der Waals surface area contributed by atoms with Gasteiger partial charge in [0.25, 0.3) is 0 Å². The molecule has 0 amide bonds. The number of piperidine rings is 1. The maximum absolute atomic E-state index is 11.8. The van der Waals surface area contributed by atoms with Crippen molar-refractivity contribution in [3.63, 3.8) is 0 Å². The Bertz CT molecular complexity index is 897. The van der Waals surface area contributed by atoms with Crippen molar-refractivity contribution in [2.75, 3.05) is 19.3 Å². The van der Waals surface area contributed by atoms with Crippen LogP contribution in [0.4, 0.5) is 0 Å². The van der Waals surface area contributed by atoms with Gasteiger partial charge < -0.3 is 5.11 Å². The van der Waals surface area contributed by atoms with Crippen molar-refractivity contribution in [2.45, 2.75) is 19.3 Å². The summed E-state index contributed by atoms with van der Waals surface area (Å²) >= 11 is 0. The van der Waals surface area contributed by atoms with E-state index in [1.165, 1.54) is 22.7 Å². The van der Waals surface area contributed by atoms with Gasteiger partial charge in [0.15, 0.2) is 0 Å². The molecule has 1 N–H and O–H groups in total. The van der Waals surface area contributed by atoms with Crippen LogP contribution in [0.5, 0.6) is 0 Å². The lowest BCUT2D eigenvalue weighted by Gasteiger charge is -2.30. The molecule has 1 aromatic heterocycles. The molecule has 0 aliphatic carbocycles. The first-order valence-electron chi connectivity index (χ1n) is 8.42. The zero-order valence-electron chi connectivity index (χ0n) is 14.5. The van der Waals surface area contributed by atoms with Crippen LogP contribution in [0.3, 0.4) is 0 Å². The molecular formula is C18H21N3O4S. The van der Waals surface area contributed by atoms with Gasteiger partial charge in [-0.15, -0.1) is 0 Å². The Morgan fingerprint density at radius 3 is 2.65 bits per heavy atom. The predicted octanol–water partition coefficient (Wildman–Crippen LogP) is 2.06. The van der Waals surface area contributed by atoms with Crippen LogP contribution in [0.25, 0.3) is 11.3 Å². The molecule has 2 aromatic rings. The molecule has 1 aliphatic rings. The fraction of sp³-hybridized carbons (Fsp3) is 0.389. The fourth-order valence-electron chi connectivity index (χ4n) is 3.22. The van der Waals surface area contributed by atoms with Crippen LogP contribution in [0.2, 0.25) is 0 Å². The Morgan fingerprint density at radius 1 is 1.27 bits per heavy atom. The van der Waals surface area contributed by atoms with Crippen molar-refractivity contribution in [3.05, 3.63) is 47.9 Å². The van der Waals surface area contributed by atoms with Crippen LogP contribution in [0.15, 0.2) is 36.7 Å². The number of hydrogen-bond donors (Lipinski definition) is 1. The molecule has 3 rings (SSSR count). The van der Waals surface area contributed by atoms with E-state index in [-0.39, 0.29) is 11.5 Å². The maximum atomic E-state index is 11.8. The second kappa shape index (κ2) is 7.51. The van der Waals surface area contributed by atoms with Gasteiger partial charge in [0, 0.05) is 24.8 Å². The summed E-state index contributed by atoms with van der Waals surface area (Å²) in [6, 6.07) is 6.50. The Morgan fingerprint density at radius 2 is 2.00 bits per heavy atom. The summed E-state index contributed by atoms with van der Waals surface area (Å²) in [4.78, 5) is 19.8. The minimum atomic E-state index is -3.16. The summed E-state index contributed by atoms with van der Waals surface area (Å²) < 4.78 is 25.0. The van der Waals surface area contributed by atoms with Gasteiger partial charge in [-0.25, -0.2) is 22.5 Å². The Labute approximate surface area is 152 Å². The van der Waals surface area contributed by atoms with Gasteiger partial charge in [-0.3, -0.25) is 4.98 Å². The summed E-state index contributed by atoms with van der Waals surface area (Å²) in [7, 11) is -3.16. The largest absolute Gasteiger partial charge is 0.478 e. The molecule has 0 saturated carbocycles. The topological polar surface area (TPSA) is 100 Å². The minimum absolute atomic E-state index is 0.220. The molecule has 0 bridgehead atoms. The van der Waals surface area contributed by atoms with Gasteiger partial charge in [0.05, 0.1) is 29.4 Å². The molecule has 1 fully saturated rings. The van der Waals surface area contributed by atoms with Crippen LogP contribution in [-0.2, 0) is 16.4 Å². The van der Waals surface area contributed by atoms with Gasteiger partial charge in [0.1, 0.15) is 0 Å². The zero-order chi connectivity index (χ0) is 18.7. The second-order valence-corrected chi connectivity index (χ2v) is 8.59. The summed E-state index contributed by atoms with van der Waals surface area (Å²) in [5.74, 6) is -0.749. The first-order valence-corrected chi connectivity index (χ1v) is 10.3. The first-order chi connectivity index (χ1) is 12.3. The van der Waals surface area contributed by atoms with Crippen molar-refractivity contribution < 1.29 is 18.3 Å². The minimum Gasteiger partial charge on any atom is -0.478 e. The molecule has 138 valence electrons. The van der Waals surface area contributed by atoms with E-state index >= 15 is 0 Å². The lowest BCUT2D eigenvalue weighted by molar-refractivity contribution is 0.0697. The first kappa shape index (κ1) is 18.5. The highest BCUT2D eigenvalue weighted by Crippen LogP contribution is 2.23. The van der Waals surface area contributed by atoms with Crippen LogP contribution in [-0.4, -0.2) is 53.1 Å². The van der Waals surface area contributed by atoms with Gasteiger partial charge in [-0.1, -0.05) is 12.1 Å². The van der Waals surface area contributed by atoms with E-state index in [0.717, 1.165) is 24.1 Å². The lowest BCUT2D eigenvalue weighted by Crippen LogP contribution is -2.39. The highest BCUT2D eigenvalue weighted by Gasteiger charge is 2.26. The average Bonchev–Trinajstić information content (AvgIpc) is 2.61. The van der Waals surface area contributed by atoms with Gasteiger partial charge in [-0.2, -0.15) is 0 Å². The second-order valence-electron chi connectivity index (χ2n) is 6.61. The summed E-state index contributed by atoms with van der Waals surface area (Å²) in [6.07, 6.45) is 7.07. The molecule has 1 atom stereocenters. The van der Waals surface area contributed by atoms with Crippen molar-refractivity contribution >= 4 is 16.0 Å². The molecule has 1 aliphatic heterocycles. The number of nitrogens with zero attached hydrogens (tertiary/aromatic N) is 3. The monoisotopic (exact) mass is 375 g/mol. The normalized spacial score (nSPS) is 18.6. The van der Waals surface area contributed by atoms with Crippen molar-refractivity contribution in [1.82, 2.24) is 14.3 Å². The number of carbonyl (C=O) groups is 1. The molecule has 1 unspecified atom stereocenters. The van der Waals surface area contributed by atoms with E-state index in [2.05, 4.69) is 9.97 Å². The number of sulfonamides is 1. The van der Waals surface area contributed by atoms with E-state index in [0.29, 0.717) is 25.2 Å². The molecule has 26 heavy (non-hydrogen) atoms. The number of aromatic carboxylic acids is 1. The third-order valence-corrected chi connectivity index (χ3v) is 5.83. The number of benzene rings is 1. The van der Waals surface area contributed by atoms with Gasteiger partial charge in [-0.05, 0) is 37.3 Å². The number of aromatic nitrogens is 2. The van der Waals surface area contributed by atoms with Crippen LogP contribution in [0, 0.1) is 5.92 Å². The third kappa shape index (κ3) is 4.44. The molecule has 8 heteroatoms. The lowest BCUT2D eigenvalue weighted by atomic mass is 9.95. The Hall–Kier alpha value is -2.32. The quantitative estimate of drug-likeness (QED) is 0.858. The van der Waals surface area contributed by atoms with Crippen molar-refractivity contribution in [1.29, 1.82) is 0 Å². The van der Waals surface area contributed by atoms with Gasteiger partial charge >= 0.3 is 5.97 Å². The number of hydrogen-bond acceptors (Lipinski definition) is 5. The predicted molar refractivity (Wildman–Crippen MR) is 97.3 cm³/mol. The van der Waals surface area contributed by atoms with E-state index in [4.69, 9.17) is 5.11 Å². The molecule has 0 spiro atoms. The van der Waals surface area contributed by atoms with Crippen molar-refractivity contribution in [3.8, 4) is 11.3 Å². The zero-order valence-corrected chi connectivity index (χ0v) is 15.3. The SMILES string of the molecule is CS(=O)(=O)N1CCCC(Cc2cncc(-c3ccc(C(=O)O)cc3)n2)C1. The highest BCUT2D eigenvalue weighted by atomic mass is 32.2. The molecular weight excluding hydrogens is 354 g/mol. The van der Waals surface area contributed by atoms with Crippen molar-refractivity contribution in [2.24, 2.45) is 5.92 Å². The standard InChI is InChI=1S/C18H21N3O4S/c1-26(24,25)21-8-2-3-13(12-21)9-16-10-19-11-17(20-16)14-4-6-15(7-5-14)18(22)23/h4-7,10-11,13H,2-3,8-9,12H2,1H3,(H,22,23). The number of carboxylic acid groups (broad SMARTS) is 1. The number of rotatable bonds is 5. The van der Waals surface area contributed by atoms with Crippen LogP contribution in [0.1, 0.15) is 28.9 Å².